The molecule has 0 bridgehead atoms. The van der Waals surface area contributed by atoms with Crippen LogP contribution in [0.1, 0.15) is 38.1 Å². The molecule has 0 saturated heterocycles. The van der Waals surface area contributed by atoms with E-state index in [1.165, 1.54) is 6.33 Å². The van der Waals surface area contributed by atoms with Crippen LogP contribution in [-0.2, 0) is 16.0 Å². The Hall–Kier alpha value is -3.30. The zero-order chi connectivity index (χ0) is 23.8. The van der Waals surface area contributed by atoms with E-state index in [-0.39, 0.29) is 12.2 Å². The van der Waals surface area contributed by atoms with Crippen LogP contribution in [-0.4, -0.2) is 33.5 Å². The number of carbonyl (C=O) groups is 2. The van der Waals surface area contributed by atoms with Crippen LogP contribution >= 0.6 is 11.9 Å². The van der Waals surface area contributed by atoms with Crippen LogP contribution in [0.2, 0.25) is 0 Å². The molecule has 2 atom stereocenters. The number of alkyl carbamates (subject to hydrolysis) is 1. The maximum Gasteiger partial charge on any atom is 0.408 e. The van der Waals surface area contributed by atoms with E-state index in [1.807, 2.05) is 54.6 Å². The number of hydrogen-bond acceptors (Lipinski definition) is 7. The molecule has 1 heterocycles. The lowest BCUT2D eigenvalue weighted by atomic mass is 9.95. The van der Waals surface area contributed by atoms with Crippen molar-refractivity contribution >= 4 is 29.5 Å². The minimum atomic E-state index is -0.876. The number of Topliss-reactive ketones (excluding diaryl/α,β-unsaturated/α-hetero) is 1. The van der Waals surface area contributed by atoms with Gasteiger partial charge in [0.15, 0.2) is 5.78 Å². The van der Waals surface area contributed by atoms with Crippen molar-refractivity contribution in [2.24, 2.45) is 5.14 Å². The van der Waals surface area contributed by atoms with Crippen LogP contribution in [0.4, 0.5) is 10.5 Å². The molecule has 0 aliphatic carbocycles. The summed E-state index contributed by atoms with van der Waals surface area (Å²) in [6.07, 6.45) is 2.77. The lowest BCUT2D eigenvalue weighted by Crippen LogP contribution is -2.47. The minimum Gasteiger partial charge on any atom is -0.444 e. The molecule has 1 aromatic heterocycles. The number of hydrogen-bond donors (Lipinski definition) is 4. The second-order valence-corrected chi connectivity index (χ2v) is 9.14. The van der Waals surface area contributed by atoms with E-state index in [9.17, 15) is 9.59 Å². The fourth-order valence-corrected chi connectivity index (χ4v) is 3.70. The third kappa shape index (κ3) is 7.10. The first-order valence-electron chi connectivity index (χ1n) is 10.5. The highest BCUT2D eigenvalue weighted by Gasteiger charge is 2.32. The zero-order valence-electron chi connectivity index (χ0n) is 18.9. The number of nitrogens with one attached hydrogen (secondary N) is 3. The highest BCUT2D eigenvalue weighted by Crippen LogP contribution is 2.29. The number of imidazole rings is 1. The third-order valence-electron chi connectivity index (χ3n) is 4.73. The maximum atomic E-state index is 13.9. The predicted molar refractivity (Wildman–Crippen MR) is 130 cm³/mol. The van der Waals surface area contributed by atoms with Gasteiger partial charge in [-0.15, -0.1) is 0 Å². The van der Waals surface area contributed by atoms with Crippen molar-refractivity contribution in [3.63, 3.8) is 0 Å². The number of H-pyrrole nitrogens is 1. The molecule has 2 aromatic carbocycles. The Labute approximate surface area is 197 Å². The number of benzene rings is 2. The third-order valence-corrected chi connectivity index (χ3v) is 5.34. The van der Waals surface area contributed by atoms with Crippen LogP contribution in [0.15, 0.2) is 72.0 Å². The highest BCUT2D eigenvalue weighted by molar-refractivity contribution is 7.97. The molecule has 3 aromatic rings. The van der Waals surface area contributed by atoms with Gasteiger partial charge in [0.25, 0.3) is 0 Å². The second kappa shape index (κ2) is 11.0. The normalized spacial score (nSPS) is 13.1. The number of para-hydroxylation sites is 1. The largest absolute Gasteiger partial charge is 0.444 e. The molecular weight excluding hydrogens is 438 g/mol. The van der Waals surface area contributed by atoms with Crippen LogP contribution in [0.25, 0.3) is 0 Å². The van der Waals surface area contributed by atoms with E-state index in [0.29, 0.717) is 5.69 Å². The first-order valence-corrected chi connectivity index (χ1v) is 11.4. The summed E-state index contributed by atoms with van der Waals surface area (Å²) in [7, 11) is 0. The number of nitrogens with zero attached hydrogens (tertiary/aromatic N) is 1. The average molecular weight is 468 g/mol. The van der Waals surface area contributed by atoms with Gasteiger partial charge in [-0.3, -0.25) is 9.93 Å². The standard InChI is InChI=1S/C24H29N5O3S/c1-24(2,3)32-23(31)29-19(13-17-14-26-15-27-17)22(30)21(16-9-5-4-6-10-16)28-18-11-7-8-12-20(18)33-25/h4-12,14-15,19,21,28H,13,25H2,1-3H3,(H,26,27)(H,29,31)/t19-,21?/m0/s1. The van der Waals surface area contributed by atoms with Crippen LogP contribution in [0, 0.1) is 0 Å². The smallest absolute Gasteiger partial charge is 0.408 e. The first kappa shape index (κ1) is 24.3. The quantitative estimate of drug-likeness (QED) is 0.347. The summed E-state index contributed by atoms with van der Waals surface area (Å²) in [5.74, 6) is -0.230. The van der Waals surface area contributed by atoms with Crippen molar-refractivity contribution in [1.29, 1.82) is 0 Å². The Bertz CT molecular complexity index is 1050. The number of aromatic amines is 1. The van der Waals surface area contributed by atoms with Gasteiger partial charge in [-0.2, -0.15) is 0 Å². The summed E-state index contributed by atoms with van der Waals surface area (Å²) in [4.78, 5) is 34.3. The molecule has 1 amide bonds. The van der Waals surface area contributed by atoms with Crippen molar-refractivity contribution in [2.45, 2.75) is 49.8 Å². The molecule has 0 radical (unpaired) electrons. The Kier molecular flexibility index (Phi) is 8.13. The number of nitrogens with two attached hydrogens (primary N) is 1. The molecule has 0 fully saturated rings. The lowest BCUT2D eigenvalue weighted by molar-refractivity contribution is -0.122. The van der Waals surface area contributed by atoms with Crippen LogP contribution in [0.5, 0.6) is 0 Å². The Balaban J connectivity index is 1.94. The molecule has 5 N–H and O–H groups in total. The highest BCUT2D eigenvalue weighted by atomic mass is 32.2. The average Bonchev–Trinajstić information content (AvgIpc) is 3.29. The Morgan fingerprint density at radius 1 is 1.12 bits per heavy atom. The maximum absolute atomic E-state index is 13.9. The van der Waals surface area contributed by atoms with Gasteiger partial charge in [0, 0.05) is 23.2 Å². The molecule has 1 unspecified atom stereocenters. The minimum absolute atomic E-state index is 0.208. The molecule has 174 valence electrons. The predicted octanol–water partition coefficient (Wildman–Crippen LogP) is 4.23. The molecule has 8 nitrogen and oxygen atoms in total. The molecule has 9 heteroatoms. The molecule has 0 spiro atoms. The van der Waals surface area contributed by atoms with E-state index in [0.717, 1.165) is 28.1 Å². The second-order valence-electron chi connectivity index (χ2n) is 8.47. The van der Waals surface area contributed by atoms with Gasteiger partial charge < -0.3 is 20.4 Å². The van der Waals surface area contributed by atoms with E-state index in [4.69, 9.17) is 9.88 Å². The van der Waals surface area contributed by atoms with E-state index in [1.54, 1.807) is 27.0 Å². The van der Waals surface area contributed by atoms with Crippen LogP contribution < -0.4 is 15.8 Å². The Morgan fingerprint density at radius 2 is 1.82 bits per heavy atom. The van der Waals surface area contributed by atoms with Gasteiger partial charge in [-0.25, -0.2) is 9.78 Å². The topological polar surface area (TPSA) is 122 Å². The summed E-state index contributed by atoms with van der Waals surface area (Å²) in [6, 6.07) is 15.2. The fourth-order valence-electron chi connectivity index (χ4n) is 3.29. The van der Waals surface area contributed by atoms with Crippen molar-refractivity contribution in [3.8, 4) is 0 Å². The number of rotatable bonds is 9. The summed E-state index contributed by atoms with van der Waals surface area (Å²) < 4.78 is 5.41. The summed E-state index contributed by atoms with van der Waals surface area (Å²) in [6.45, 7) is 5.31. The van der Waals surface area contributed by atoms with Crippen molar-refractivity contribution in [3.05, 3.63) is 78.4 Å². The van der Waals surface area contributed by atoms with Gasteiger partial charge in [0.05, 0.1) is 18.1 Å². The number of ether oxygens (including phenoxy) is 1. The molecule has 3 rings (SSSR count). The van der Waals surface area contributed by atoms with Crippen molar-refractivity contribution in [2.75, 3.05) is 5.32 Å². The SMILES string of the molecule is CC(C)(C)OC(=O)N[C@@H](Cc1c[nH]cn1)C(=O)C(Nc1ccccc1SN)c1ccccc1. The molecule has 0 aliphatic rings. The first-order chi connectivity index (χ1) is 15.8. The summed E-state index contributed by atoms with van der Waals surface area (Å²) in [5, 5.41) is 11.9. The number of carbonyl (C=O) groups excluding carboxylic acids is 2. The number of anilines is 1. The molecule has 0 aliphatic heterocycles. The van der Waals surface area contributed by atoms with Crippen molar-refractivity contribution in [1.82, 2.24) is 15.3 Å². The summed E-state index contributed by atoms with van der Waals surface area (Å²) >= 11 is 1.10. The number of aromatic nitrogens is 2. The number of amides is 1. The lowest BCUT2D eigenvalue weighted by Gasteiger charge is -2.27. The van der Waals surface area contributed by atoms with Gasteiger partial charge >= 0.3 is 6.09 Å². The summed E-state index contributed by atoms with van der Waals surface area (Å²) in [5.41, 5.74) is 1.44. The van der Waals surface area contributed by atoms with E-state index in [2.05, 4.69) is 20.6 Å². The number of ketones is 1. The van der Waals surface area contributed by atoms with Crippen LogP contribution in [0.3, 0.4) is 0 Å². The fraction of sp³-hybridized carbons (Fsp3) is 0.292. The zero-order valence-corrected chi connectivity index (χ0v) is 19.7. The monoisotopic (exact) mass is 467 g/mol. The van der Waals surface area contributed by atoms with Gasteiger partial charge in [0.2, 0.25) is 0 Å². The van der Waals surface area contributed by atoms with Gasteiger partial charge in [-0.05, 0) is 50.4 Å². The Morgan fingerprint density at radius 3 is 2.45 bits per heavy atom. The molecule has 33 heavy (non-hydrogen) atoms. The van der Waals surface area contributed by atoms with Crippen molar-refractivity contribution < 1.29 is 14.3 Å². The molecular formula is C24H29N5O3S. The van der Waals surface area contributed by atoms with Gasteiger partial charge in [0.1, 0.15) is 11.6 Å². The van der Waals surface area contributed by atoms with E-state index >= 15 is 0 Å². The van der Waals surface area contributed by atoms with Gasteiger partial charge in [-0.1, -0.05) is 42.5 Å². The van der Waals surface area contributed by atoms with E-state index < -0.39 is 23.8 Å². The molecule has 0 saturated carbocycles.